The molecular weight excluding hydrogens is 230 g/mol. The molecule has 0 aliphatic rings. The van der Waals surface area contributed by atoms with Crippen molar-refractivity contribution in [1.29, 1.82) is 0 Å². The summed E-state index contributed by atoms with van der Waals surface area (Å²) in [6.07, 6.45) is 1.75. The third kappa shape index (κ3) is 2.84. The normalized spacial score (nSPS) is 11.1. The van der Waals surface area contributed by atoms with Gasteiger partial charge in [0.25, 0.3) is 0 Å². The van der Waals surface area contributed by atoms with E-state index in [4.69, 9.17) is 11.6 Å². The molecule has 1 aromatic heterocycles. The Labute approximate surface area is 96.5 Å². The smallest absolute Gasteiger partial charge is 0.226 e. The lowest BCUT2D eigenvalue weighted by molar-refractivity contribution is 1.04. The standard InChI is InChI=1S/C10H8ClN3S/c1-7-13-14-10(15-7)12-6-8-2-4-9(11)5-3-8/h2-6H,1H3. The van der Waals surface area contributed by atoms with Gasteiger partial charge in [0.1, 0.15) is 5.01 Å². The molecule has 0 radical (unpaired) electrons. The predicted octanol–water partition coefficient (Wildman–Crippen LogP) is 3.25. The minimum absolute atomic E-state index is 0.669. The molecule has 0 saturated heterocycles. The predicted molar refractivity (Wildman–Crippen MR) is 63.4 cm³/mol. The third-order valence-electron chi connectivity index (χ3n) is 1.71. The molecule has 0 amide bonds. The maximum Gasteiger partial charge on any atom is 0.231 e. The van der Waals surface area contributed by atoms with Crippen LogP contribution in [0.15, 0.2) is 29.3 Å². The van der Waals surface area contributed by atoms with Gasteiger partial charge in [0.2, 0.25) is 5.13 Å². The Bertz CT molecular complexity index is 476. The Morgan fingerprint density at radius 1 is 1.27 bits per heavy atom. The van der Waals surface area contributed by atoms with Crippen LogP contribution in [0.25, 0.3) is 0 Å². The van der Waals surface area contributed by atoms with E-state index >= 15 is 0 Å². The van der Waals surface area contributed by atoms with Gasteiger partial charge in [-0.3, -0.25) is 0 Å². The first kappa shape index (κ1) is 10.3. The van der Waals surface area contributed by atoms with Crippen LogP contribution < -0.4 is 0 Å². The van der Waals surface area contributed by atoms with E-state index in [0.717, 1.165) is 15.6 Å². The van der Waals surface area contributed by atoms with Gasteiger partial charge in [0, 0.05) is 11.2 Å². The number of aryl methyl sites for hydroxylation is 1. The Kier molecular flexibility index (Phi) is 3.08. The maximum absolute atomic E-state index is 5.77. The van der Waals surface area contributed by atoms with Crippen LogP contribution in [-0.2, 0) is 0 Å². The first-order valence-electron chi connectivity index (χ1n) is 4.34. The van der Waals surface area contributed by atoms with Crippen molar-refractivity contribution in [3.05, 3.63) is 39.9 Å². The van der Waals surface area contributed by atoms with E-state index in [0.29, 0.717) is 5.13 Å². The van der Waals surface area contributed by atoms with Crippen molar-refractivity contribution in [1.82, 2.24) is 10.2 Å². The fourth-order valence-corrected chi connectivity index (χ4v) is 1.68. The zero-order valence-electron chi connectivity index (χ0n) is 8.01. The molecule has 76 valence electrons. The van der Waals surface area contributed by atoms with Gasteiger partial charge in [-0.25, -0.2) is 4.99 Å². The second-order valence-corrected chi connectivity index (χ2v) is 4.51. The number of halogens is 1. The summed E-state index contributed by atoms with van der Waals surface area (Å²) >= 11 is 7.23. The van der Waals surface area contributed by atoms with Crippen LogP contribution >= 0.6 is 22.9 Å². The lowest BCUT2D eigenvalue weighted by Gasteiger charge is -1.91. The van der Waals surface area contributed by atoms with Gasteiger partial charge >= 0.3 is 0 Å². The molecule has 1 aromatic carbocycles. The fraction of sp³-hybridized carbons (Fsp3) is 0.100. The number of hydrogen-bond donors (Lipinski definition) is 0. The lowest BCUT2D eigenvalue weighted by Crippen LogP contribution is -1.78. The largest absolute Gasteiger partial charge is 0.231 e. The van der Waals surface area contributed by atoms with Gasteiger partial charge in [-0.1, -0.05) is 35.1 Å². The monoisotopic (exact) mass is 237 g/mol. The second-order valence-electron chi connectivity index (χ2n) is 2.91. The molecule has 0 atom stereocenters. The number of hydrogen-bond acceptors (Lipinski definition) is 4. The molecule has 0 spiro atoms. The lowest BCUT2D eigenvalue weighted by atomic mass is 10.2. The molecular formula is C10H8ClN3S. The molecule has 1 heterocycles. The summed E-state index contributed by atoms with van der Waals surface area (Å²) in [6, 6.07) is 7.46. The van der Waals surface area contributed by atoms with E-state index in [1.807, 2.05) is 31.2 Å². The Morgan fingerprint density at radius 3 is 2.60 bits per heavy atom. The minimum atomic E-state index is 0.669. The van der Waals surface area contributed by atoms with E-state index < -0.39 is 0 Å². The molecule has 2 aromatic rings. The highest BCUT2D eigenvalue weighted by atomic mass is 35.5. The molecule has 0 saturated carbocycles. The van der Waals surface area contributed by atoms with Crippen molar-refractivity contribution < 1.29 is 0 Å². The summed E-state index contributed by atoms with van der Waals surface area (Å²) < 4.78 is 0. The van der Waals surface area contributed by atoms with Crippen molar-refractivity contribution in [3.63, 3.8) is 0 Å². The Morgan fingerprint density at radius 2 is 2.00 bits per heavy atom. The first-order chi connectivity index (χ1) is 7.24. The van der Waals surface area contributed by atoms with Crippen molar-refractivity contribution in [2.24, 2.45) is 4.99 Å². The molecule has 2 rings (SSSR count). The van der Waals surface area contributed by atoms with Gasteiger partial charge in [-0.2, -0.15) is 0 Å². The average molecular weight is 238 g/mol. The number of aromatic nitrogens is 2. The highest BCUT2D eigenvalue weighted by Crippen LogP contribution is 2.17. The van der Waals surface area contributed by atoms with Crippen molar-refractivity contribution in [2.45, 2.75) is 6.92 Å². The molecule has 5 heteroatoms. The zero-order chi connectivity index (χ0) is 10.7. The van der Waals surface area contributed by atoms with Gasteiger partial charge in [-0.05, 0) is 24.6 Å². The highest BCUT2D eigenvalue weighted by molar-refractivity contribution is 7.14. The van der Waals surface area contributed by atoms with Crippen LogP contribution in [0.2, 0.25) is 5.02 Å². The number of aliphatic imine (C=N–C) groups is 1. The summed E-state index contributed by atoms with van der Waals surface area (Å²) in [5.41, 5.74) is 0.993. The van der Waals surface area contributed by atoms with Gasteiger partial charge in [0.15, 0.2) is 0 Å². The van der Waals surface area contributed by atoms with E-state index in [-0.39, 0.29) is 0 Å². The summed E-state index contributed by atoms with van der Waals surface area (Å²) in [7, 11) is 0. The van der Waals surface area contributed by atoms with Crippen molar-refractivity contribution in [2.75, 3.05) is 0 Å². The molecule has 0 unspecified atom stereocenters. The topological polar surface area (TPSA) is 38.1 Å². The van der Waals surface area contributed by atoms with Crippen LogP contribution in [0, 0.1) is 6.92 Å². The van der Waals surface area contributed by atoms with E-state index in [2.05, 4.69) is 15.2 Å². The summed E-state index contributed by atoms with van der Waals surface area (Å²) in [5, 5.41) is 10.1. The SMILES string of the molecule is Cc1nnc(N=Cc2ccc(Cl)cc2)s1. The molecule has 0 bridgehead atoms. The summed E-state index contributed by atoms with van der Waals surface area (Å²) in [6.45, 7) is 1.90. The molecule has 0 fully saturated rings. The van der Waals surface area contributed by atoms with Crippen LogP contribution in [0.5, 0.6) is 0 Å². The Balaban J connectivity index is 2.14. The van der Waals surface area contributed by atoms with Crippen LogP contribution in [0.4, 0.5) is 5.13 Å². The van der Waals surface area contributed by atoms with Crippen molar-refractivity contribution in [3.8, 4) is 0 Å². The minimum Gasteiger partial charge on any atom is -0.226 e. The summed E-state index contributed by atoms with van der Waals surface area (Å²) in [4.78, 5) is 4.20. The highest BCUT2D eigenvalue weighted by Gasteiger charge is 1.95. The van der Waals surface area contributed by atoms with E-state index in [1.54, 1.807) is 6.21 Å². The molecule has 15 heavy (non-hydrogen) atoms. The Hall–Kier alpha value is -1.26. The number of rotatable bonds is 2. The van der Waals surface area contributed by atoms with Gasteiger partial charge in [0.05, 0.1) is 0 Å². The number of benzene rings is 1. The summed E-state index contributed by atoms with van der Waals surface area (Å²) in [5.74, 6) is 0. The van der Waals surface area contributed by atoms with Gasteiger partial charge < -0.3 is 0 Å². The fourth-order valence-electron chi connectivity index (χ4n) is 1.02. The van der Waals surface area contributed by atoms with E-state index in [1.165, 1.54) is 11.3 Å². The zero-order valence-corrected chi connectivity index (χ0v) is 9.59. The average Bonchev–Trinajstić information content (AvgIpc) is 2.64. The third-order valence-corrected chi connectivity index (χ3v) is 2.71. The van der Waals surface area contributed by atoms with Crippen molar-refractivity contribution >= 4 is 34.3 Å². The van der Waals surface area contributed by atoms with Crippen LogP contribution in [0.3, 0.4) is 0 Å². The molecule has 0 aliphatic carbocycles. The van der Waals surface area contributed by atoms with Crippen LogP contribution in [-0.4, -0.2) is 16.4 Å². The molecule has 3 nitrogen and oxygen atoms in total. The molecule has 0 aliphatic heterocycles. The number of nitrogens with zero attached hydrogens (tertiary/aromatic N) is 3. The van der Waals surface area contributed by atoms with E-state index in [9.17, 15) is 0 Å². The van der Waals surface area contributed by atoms with Crippen LogP contribution in [0.1, 0.15) is 10.6 Å². The van der Waals surface area contributed by atoms with Gasteiger partial charge in [-0.15, -0.1) is 10.2 Å². The molecule has 0 N–H and O–H groups in total. The quantitative estimate of drug-likeness (QED) is 0.752. The first-order valence-corrected chi connectivity index (χ1v) is 5.53. The maximum atomic E-state index is 5.77. The second kappa shape index (κ2) is 4.51.